The van der Waals surface area contributed by atoms with Crippen LogP contribution in [0.5, 0.6) is 11.5 Å². The van der Waals surface area contributed by atoms with Crippen molar-refractivity contribution in [1.29, 1.82) is 0 Å². The molecule has 1 aromatic heterocycles. The third kappa shape index (κ3) is 5.48. The van der Waals surface area contributed by atoms with Gasteiger partial charge in [0.2, 0.25) is 0 Å². The van der Waals surface area contributed by atoms with Crippen LogP contribution >= 0.6 is 11.6 Å². The van der Waals surface area contributed by atoms with Gasteiger partial charge in [0, 0.05) is 37.4 Å². The molecular formula is C26H27ClFN3O3. The van der Waals surface area contributed by atoms with Gasteiger partial charge in [0.05, 0.1) is 30.5 Å². The molecule has 0 saturated carbocycles. The summed E-state index contributed by atoms with van der Waals surface area (Å²) in [6.45, 7) is 2.38. The van der Waals surface area contributed by atoms with Gasteiger partial charge in [-0.15, -0.1) is 0 Å². The van der Waals surface area contributed by atoms with E-state index < -0.39 is 0 Å². The Labute approximate surface area is 203 Å². The number of halogens is 2. The Morgan fingerprint density at radius 2 is 1.94 bits per heavy atom. The Morgan fingerprint density at radius 3 is 2.59 bits per heavy atom. The van der Waals surface area contributed by atoms with Gasteiger partial charge >= 0.3 is 0 Å². The number of rotatable bonds is 7. The molecule has 1 amide bonds. The number of carbonyl (C=O) groups excluding carboxylic acids is 1. The van der Waals surface area contributed by atoms with Crippen molar-refractivity contribution < 1.29 is 18.7 Å². The number of carbonyl (C=O) groups is 1. The zero-order chi connectivity index (χ0) is 24.1. The van der Waals surface area contributed by atoms with Crippen LogP contribution in [0.2, 0.25) is 5.02 Å². The third-order valence-electron chi connectivity index (χ3n) is 6.03. The fourth-order valence-electron chi connectivity index (χ4n) is 4.14. The summed E-state index contributed by atoms with van der Waals surface area (Å²) in [5.74, 6) is 0.678. The van der Waals surface area contributed by atoms with Crippen LogP contribution in [0.4, 0.5) is 4.39 Å². The number of nitrogens with zero attached hydrogens (tertiary/aromatic N) is 2. The molecule has 1 aliphatic rings. The lowest BCUT2D eigenvalue weighted by Gasteiger charge is -2.32. The highest BCUT2D eigenvalue weighted by Gasteiger charge is 2.23. The van der Waals surface area contributed by atoms with E-state index in [1.807, 2.05) is 12.1 Å². The molecule has 8 heteroatoms. The second-order valence-electron chi connectivity index (χ2n) is 8.24. The number of methoxy groups -OCH3 is 2. The minimum Gasteiger partial charge on any atom is -0.493 e. The maximum Gasteiger partial charge on any atom is 0.253 e. The van der Waals surface area contributed by atoms with Crippen LogP contribution in [0.15, 0.2) is 54.7 Å². The van der Waals surface area contributed by atoms with E-state index in [1.54, 1.807) is 38.5 Å². The number of amides is 1. The van der Waals surface area contributed by atoms with E-state index in [2.05, 4.69) is 15.2 Å². The standard InChI is InChI=1S/C26H27ClFN3O3/c1-33-23-9-7-19(24(27)25(23)34-2)16-31-12-10-21(11-13-31)30-26(32)18-6-8-22(29-15-18)17-4-3-5-20(28)14-17/h3-9,14-15,21H,10-13,16H2,1-2H3,(H,30,32). The fourth-order valence-corrected chi connectivity index (χ4v) is 4.44. The Morgan fingerprint density at radius 1 is 1.15 bits per heavy atom. The fraction of sp³-hybridized carbons (Fsp3) is 0.308. The molecule has 178 valence electrons. The summed E-state index contributed by atoms with van der Waals surface area (Å²) in [4.78, 5) is 19.3. The van der Waals surface area contributed by atoms with Crippen molar-refractivity contribution in [3.63, 3.8) is 0 Å². The summed E-state index contributed by atoms with van der Waals surface area (Å²) in [5, 5.41) is 3.67. The molecule has 3 aromatic rings. The first kappa shape index (κ1) is 24.0. The number of aromatic nitrogens is 1. The smallest absolute Gasteiger partial charge is 0.253 e. The van der Waals surface area contributed by atoms with E-state index in [0.717, 1.165) is 31.5 Å². The first-order chi connectivity index (χ1) is 16.5. The molecule has 2 aromatic carbocycles. The zero-order valence-electron chi connectivity index (χ0n) is 19.2. The topological polar surface area (TPSA) is 63.7 Å². The molecule has 34 heavy (non-hydrogen) atoms. The number of nitrogens with one attached hydrogen (secondary N) is 1. The second-order valence-corrected chi connectivity index (χ2v) is 8.62. The van der Waals surface area contributed by atoms with Crippen LogP contribution in [0.3, 0.4) is 0 Å². The highest BCUT2D eigenvalue weighted by molar-refractivity contribution is 6.33. The molecule has 1 saturated heterocycles. The Hall–Kier alpha value is -3.16. The number of likely N-dealkylation sites (tertiary alicyclic amines) is 1. The Kier molecular flexibility index (Phi) is 7.65. The normalized spacial score (nSPS) is 14.6. The predicted molar refractivity (Wildman–Crippen MR) is 130 cm³/mol. The van der Waals surface area contributed by atoms with Gasteiger partial charge in [-0.2, -0.15) is 0 Å². The summed E-state index contributed by atoms with van der Waals surface area (Å²) in [6.07, 6.45) is 3.21. The van der Waals surface area contributed by atoms with E-state index in [0.29, 0.717) is 39.9 Å². The molecule has 0 atom stereocenters. The van der Waals surface area contributed by atoms with Crippen molar-refractivity contribution in [3.8, 4) is 22.8 Å². The predicted octanol–water partition coefficient (Wildman–Crippen LogP) is 4.95. The van der Waals surface area contributed by atoms with Crippen LogP contribution in [0, 0.1) is 5.82 Å². The maximum atomic E-state index is 13.4. The minimum atomic E-state index is -0.319. The molecule has 0 aliphatic carbocycles. The number of hydrogen-bond acceptors (Lipinski definition) is 5. The van der Waals surface area contributed by atoms with Gasteiger partial charge in [-0.3, -0.25) is 14.7 Å². The van der Waals surface area contributed by atoms with Gasteiger partial charge in [0.25, 0.3) is 5.91 Å². The van der Waals surface area contributed by atoms with Crippen molar-refractivity contribution in [3.05, 3.63) is 76.7 Å². The van der Waals surface area contributed by atoms with Crippen molar-refractivity contribution in [1.82, 2.24) is 15.2 Å². The maximum absolute atomic E-state index is 13.4. The molecule has 6 nitrogen and oxygen atoms in total. The number of pyridine rings is 1. The van der Waals surface area contributed by atoms with Gasteiger partial charge < -0.3 is 14.8 Å². The molecule has 0 spiro atoms. The molecule has 2 heterocycles. The number of hydrogen-bond donors (Lipinski definition) is 1. The van der Waals surface area contributed by atoms with E-state index >= 15 is 0 Å². The van der Waals surface area contributed by atoms with Crippen LogP contribution in [0.25, 0.3) is 11.3 Å². The summed E-state index contributed by atoms with van der Waals surface area (Å²) < 4.78 is 24.1. The molecule has 0 radical (unpaired) electrons. The van der Waals surface area contributed by atoms with Crippen LogP contribution < -0.4 is 14.8 Å². The third-order valence-corrected chi connectivity index (χ3v) is 6.44. The number of benzene rings is 2. The van der Waals surface area contributed by atoms with Crippen LogP contribution in [-0.4, -0.2) is 49.1 Å². The Balaban J connectivity index is 1.31. The quantitative estimate of drug-likeness (QED) is 0.515. The highest BCUT2D eigenvalue weighted by Crippen LogP contribution is 2.38. The number of piperidine rings is 1. The van der Waals surface area contributed by atoms with Gasteiger partial charge in [0.15, 0.2) is 11.5 Å². The van der Waals surface area contributed by atoms with Crippen molar-refractivity contribution in [2.24, 2.45) is 0 Å². The molecule has 4 rings (SSSR count). The largest absolute Gasteiger partial charge is 0.493 e. The van der Waals surface area contributed by atoms with Crippen LogP contribution in [-0.2, 0) is 6.54 Å². The summed E-state index contributed by atoms with van der Waals surface area (Å²) in [6, 6.07) is 13.6. The van der Waals surface area contributed by atoms with Gasteiger partial charge in [-0.25, -0.2) is 4.39 Å². The van der Waals surface area contributed by atoms with E-state index in [-0.39, 0.29) is 17.8 Å². The van der Waals surface area contributed by atoms with Crippen molar-refractivity contribution in [2.45, 2.75) is 25.4 Å². The van der Waals surface area contributed by atoms with E-state index in [9.17, 15) is 9.18 Å². The first-order valence-electron chi connectivity index (χ1n) is 11.1. The van der Waals surface area contributed by atoms with Crippen molar-refractivity contribution in [2.75, 3.05) is 27.3 Å². The number of ether oxygens (including phenoxy) is 2. The molecule has 0 bridgehead atoms. The Bertz CT molecular complexity index is 1150. The summed E-state index contributed by atoms with van der Waals surface area (Å²) >= 11 is 6.52. The average Bonchev–Trinajstić information content (AvgIpc) is 2.86. The second kappa shape index (κ2) is 10.8. The van der Waals surface area contributed by atoms with Gasteiger partial charge in [-0.1, -0.05) is 29.8 Å². The molecule has 1 N–H and O–H groups in total. The van der Waals surface area contributed by atoms with Crippen LogP contribution in [0.1, 0.15) is 28.8 Å². The highest BCUT2D eigenvalue weighted by atomic mass is 35.5. The minimum absolute atomic E-state index is 0.0903. The monoisotopic (exact) mass is 483 g/mol. The molecule has 1 fully saturated rings. The van der Waals surface area contributed by atoms with Gasteiger partial charge in [-0.05, 0) is 48.7 Å². The SMILES string of the molecule is COc1ccc(CN2CCC(NC(=O)c3ccc(-c4cccc(F)c4)nc3)CC2)c(Cl)c1OC. The summed E-state index contributed by atoms with van der Waals surface area (Å²) in [7, 11) is 3.16. The average molecular weight is 484 g/mol. The van der Waals surface area contributed by atoms with Crippen molar-refractivity contribution >= 4 is 17.5 Å². The lowest BCUT2D eigenvalue weighted by atomic mass is 10.0. The zero-order valence-corrected chi connectivity index (χ0v) is 19.9. The molecule has 1 aliphatic heterocycles. The van der Waals surface area contributed by atoms with Gasteiger partial charge in [0.1, 0.15) is 5.82 Å². The lowest BCUT2D eigenvalue weighted by Crippen LogP contribution is -2.44. The van der Waals surface area contributed by atoms with E-state index in [4.69, 9.17) is 21.1 Å². The lowest BCUT2D eigenvalue weighted by molar-refractivity contribution is 0.0908. The first-order valence-corrected chi connectivity index (χ1v) is 11.5. The molecule has 0 unspecified atom stereocenters. The molecular weight excluding hydrogens is 457 g/mol. The van der Waals surface area contributed by atoms with E-state index in [1.165, 1.54) is 18.3 Å². The summed E-state index contributed by atoms with van der Waals surface area (Å²) in [5.41, 5.74) is 2.76.